The van der Waals surface area contributed by atoms with Gasteiger partial charge in [0.15, 0.2) is 0 Å². The Morgan fingerprint density at radius 2 is 1.73 bits per heavy atom. The predicted molar refractivity (Wildman–Crippen MR) is 117 cm³/mol. The van der Waals surface area contributed by atoms with E-state index in [-0.39, 0.29) is 23.1 Å². The SMILES string of the molecule is CCN(CC)S(=O)(=O)c1ccc(NC(=O)[C@@H]2CC(=O)N(c3ccccc3C)C2)cc1. The number of hydrogen-bond acceptors (Lipinski definition) is 4. The second-order valence-electron chi connectivity index (χ2n) is 7.29. The van der Waals surface area contributed by atoms with Gasteiger partial charge in [0.05, 0.1) is 10.8 Å². The summed E-state index contributed by atoms with van der Waals surface area (Å²) < 4.78 is 26.5. The number of benzene rings is 2. The van der Waals surface area contributed by atoms with Crippen LogP contribution in [0, 0.1) is 12.8 Å². The molecule has 8 heteroatoms. The molecular formula is C22H27N3O4S. The molecule has 0 unspecified atom stereocenters. The minimum Gasteiger partial charge on any atom is -0.326 e. The highest BCUT2D eigenvalue weighted by atomic mass is 32.2. The molecule has 2 amide bonds. The molecule has 0 bridgehead atoms. The lowest BCUT2D eigenvalue weighted by Gasteiger charge is -2.19. The summed E-state index contributed by atoms with van der Waals surface area (Å²) in [6, 6.07) is 13.7. The number of amides is 2. The fourth-order valence-electron chi connectivity index (χ4n) is 3.65. The van der Waals surface area contributed by atoms with Crippen molar-refractivity contribution in [1.29, 1.82) is 0 Å². The molecule has 30 heavy (non-hydrogen) atoms. The number of para-hydroxylation sites is 1. The van der Waals surface area contributed by atoms with Crippen LogP contribution in [0.4, 0.5) is 11.4 Å². The van der Waals surface area contributed by atoms with Gasteiger partial charge in [0.25, 0.3) is 0 Å². The number of hydrogen-bond donors (Lipinski definition) is 1. The molecule has 1 saturated heterocycles. The third-order valence-corrected chi connectivity index (χ3v) is 7.43. The molecule has 7 nitrogen and oxygen atoms in total. The summed E-state index contributed by atoms with van der Waals surface area (Å²) in [5.74, 6) is -0.792. The van der Waals surface area contributed by atoms with Crippen molar-refractivity contribution in [2.45, 2.75) is 32.1 Å². The molecule has 1 fully saturated rings. The number of rotatable bonds is 7. The number of anilines is 2. The van der Waals surface area contributed by atoms with E-state index in [4.69, 9.17) is 0 Å². The molecular weight excluding hydrogens is 402 g/mol. The molecule has 1 heterocycles. The molecule has 2 aromatic rings. The first-order chi connectivity index (χ1) is 14.3. The van der Waals surface area contributed by atoms with Crippen LogP contribution in [0.2, 0.25) is 0 Å². The maximum Gasteiger partial charge on any atom is 0.243 e. The first kappa shape index (κ1) is 22.0. The fraction of sp³-hybridized carbons (Fsp3) is 0.364. The van der Waals surface area contributed by atoms with Gasteiger partial charge in [0.1, 0.15) is 0 Å². The van der Waals surface area contributed by atoms with E-state index in [2.05, 4.69) is 5.32 Å². The molecule has 0 saturated carbocycles. The summed E-state index contributed by atoms with van der Waals surface area (Å²) in [4.78, 5) is 27.0. The summed E-state index contributed by atoms with van der Waals surface area (Å²) in [6.07, 6.45) is 0.147. The van der Waals surface area contributed by atoms with E-state index < -0.39 is 15.9 Å². The van der Waals surface area contributed by atoms with Crippen molar-refractivity contribution in [3.05, 3.63) is 54.1 Å². The molecule has 160 valence electrons. The Balaban J connectivity index is 1.68. The zero-order chi connectivity index (χ0) is 21.9. The van der Waals surface area contributed by atoms with E-state index in [0.29, 0.717) is 25.3 Å². The first-order valence-electron chi connectivity index (χ1n) is 10.0. The quantitative estimate of drug-likeness (QED) is 0.733. The van der Waals surface area contributed by atoms with Crippen LogP contribution < -0.4 is 10.2 Å². The van der Waals surface area contributed by atoms with Crippen molar-refractivity contribution in [3.8, 4) is 0 Å². The van der Waals surface area contributed by atoms with Crippen LogP contribution in [0.1, 0.15) is 25.8 Å². The van der Waals surface area contributed by atoms with Crippen LogP contribution in [0.15, 0.2) is 53.4 Å². The second-order valence-corrected chi connectivity index (χ2v) is 9.23. The van der Waals surface area contributed by atoms with Gasteiger partial charge in [-0.25, -0.2) is 8.42 Å². The van der Waals surface area contributed by atoms with Crippen molar-refractivity contribution >= 4 is 33.2 Å². The Morgan fingerprint density at radius 1 is 1.10 bits per heavy atom. The molecule has 1 atom stereocenters. The van der Waals surface area contributed by atoms with E-state index in [9.17, 15) is 18.0 Å². The number of carbonyl (C=O) groups excluding carboxylic acids is 2. The van der Waals surface area contributed by atoms with Crippen LogP contribution in [0.25, 0.3) is 0 Å². The first-order valence-corrected chi connectivity index (χ1v) is 11.5. The van der Waals surface area contributed by atoms with Gasteiger partial charge in [0, 0.05) is 37.4 Å². The van der Waals surface area contributed by atoms with Crippen molar-refractivity contribution in [1.82, 2.24) is 4.31 Å². The molecule has 1 aliphatic heterocycles. The Bertz CT molecular complexity index is 1030. The molecule has 3 rings (SSSR count). The van der Waals surface area contributed by atoms with E-state index in [0.717, 1.165) is 11.3 Å². The molecule has 0 spiro atoms. The fourth-order valence-corrected chi connectivity index (χ4v) is 5.11. The third kappa shape index (κ3) is 4.39. The maximum absolute atomic E-state index is 12.7. The monoisotopic (exact) mass is 429 g/mol. The van der Waals surface area contributed by atoms with Gasteiger partial charge < -0.3 is 10.2 Å². The number of carbonyl (C=O) groups is 2. The van der Waals surface area contributed by atoms with Crippen molar-refractivity contribution in [2.75, 3.05) is 29.9 Å². The second kappa shape index (κ2) is 8.97. The van der Waals surface area contributed by atoms with Crippen LogP contribution in [-0.4, -0.2) is 44.2 Å². The number of sulfonamides is 1. The highest BCUT2D eigenvalue weighted by Gasteiger charge is 2.35. The van der Waals surface area contributed by atoms with Crippen LogP contribution in [0.3, 0.4) is 0 Å². The van der Waals surface area contributed by atoms with Crippen molar-refractivity contribution in [3.63, 3.8) is 0 Å². The van der Waals surface area contributed by atoms with Gasteiger partial charge in [-0.2, -0.15) is 4.31 Å². The Labute approximate surface area is 177 Å². The molecule has 0 aliphatic carbocycles. The Hall–Kier alpha value is -2.71. The Kier molecular flexibility index (Phi) is 6.58. The van der Waals surface area contributed by atoms with Gasteiger partial charge in [-0.15, -0.1) is 0 Å². The summed E-state index contributed by atoms with van der Waals surface area (Å²) in [6.45, 7) is 6.63. The van der Waals surface area contributed by atoms with E-state index in [1.165, 1.54) is 16.4 Å². The lowest BCUT2D eigenvalue weighted by molar-refractivity contribution is -0.122. The van der Waals surface area contributed by atoms with Crippen LogP contribution in [-0.2, 0) is 19.6 Å². The molecule has 0 radical (unpaired) electrons. The lowest BCUT2D eigenvalue weighted by atomic mass is 10.1. The zero-order valence-corrected chi connectivity index (χ0v) is 18.3. The molecule has 1 N–H and O–H groups in total. The minimum absolute atomic E-state index is 0.0786. The predicted octanol–water partition coefficient (Wildman–Crippen LogP) is 3.02. The van der Waals surface area contributed by atoms with E-state index >= 15 is 0 Å². The number of nitrogens with one attached hydrogen (secondary N) is 1. The lowest BCUT2D eigenvalue weighted by Crippen LogP contribution is -2.30. The average molecular weight is 430 g/mol. The normalized spacial score (nSPS) is 16.9. The maximum atomic E-state index is 12.7. The third-order valence-electron chi connectivity index (χ3n) is 5.37. The molecule has 1 aliphatic rings. The van der Waals surface area contributed by atoms with Crippen molar-refractivity contribution in [2.24, 2.45) is 5.92 Å². The standard InChI is InChI=1S/C22H27N3O4S/c1-4-24(5-2)30(28,29)19-12-10-18(11-13-19)23-22(27)17-14-21(26)25(15-17)20-9-7-6-8-16(20)3/h6-13,17H,4-5,14-15H2,1-3H3,(H,23,27)/t17-/m1/s1. The van der Waals surface area contributed by atoms with Gasteiger partial charge in [0.2, 0.25) is 21.8 Å². The van der Waals surface area contributed by atoms with Gasteiger partial charge in [-0.1, -0.05) is 32.0 Å². The molecule has 0 aromatic heterocycles. The highest BCUT2D eigenvalue weighted by molar-refractivity contribution is 7.89. The van der Waals surface area contributed by atoms with Crippen LogP contribution >= 0.6 is 0 Å². The molecule has 2 aromatic carbocycles. The largest absolute Gasteiger partial charge is 0.326 e. The zero-order valence-electron chi connectivity index (χ0n) is 17.5. The number of nitrogens with zero attached hydrogens (tertiary/aromatic N) is 2. The smallest absolute Gasteiger partial charge is 0.243 e. The summed E-state index contributed by atoms with van der Waals surface area (Å²) in [5, 5.41) is 2.80. The topological polar surface area (TPSA) is 86.8 Å². The number of aryl methyl sites for hydroxylation is 1. The van der Waals surface area contributed by atoms with E-state index in [1.54, 1.807) is 30.9 Å². The Morgan fingerprint density at radius 3 is 2.33 bits per heavy atom. The summed E-state index contributed by atoms with van der Waals surface area (Å²) >= 11 is 0. The van der Waals surface area contributed by atoms with E-state index in [1.807, 2.05) is 31.2 Å². The van der Waals surface area contributed by atoms with Gasteiger partial charge in [-0.05, 0) is 42.8 Å². The average Bonchev–Trinajstić information content (AvgIpc) is 3.11. The van der Waals surface area contributed by atoms with Gasteiger partial charge >= 0.3 is 0 Å². The highest BCUT2D eigenvalue weighted by Crippen LogP contribution is 2.28. The summed E-state index contributed by atoms with van der Waals surface area (Å²) in [7, 11) is -3.54. The van der Waals surface area contributed by atoms with Crippen LogP contribution in [0.5, 0.6) is 0 Å². The van der Waals surface area contributed by atoms with Gasteiger partial charge in [-0.3, -0.25) is 9.59 Å². The summed E-state index contributed by atoms with van der Waals surface area (Å²) in [5.41, 5.74) is 2.31. The minimum atomic E-state index is -3.54. The van der Waals surface area contributed by atoms with Crippen molar-refractivity contribution < 1.29 is 18.0 Å².